The number of hydrogen-bond acceptors (Lipinski definition) is 3. The molecule has 1 unspecified atom stereocenters. The highest BCUT2D eigenvalue weighted by molar-refractivity contribution is 6.35. The number of anilines is 1. The fraction of sp³-hybridized carbons (Fsp3) is 0.438. The van der Waals surface area contributed by atoms with E-state index in [1.54, 1.807) is 18.2 Å². The Morgan fingerprint density at radius 1 is 1.29 bits per heavy atom. The summed E-state index contributed by atoms with van der Waals surface area (Å²) in [4.78, 5) is 5.38. The lowest BCUT2D eigenvalue weighted by Gasteiger charge is -2.18. The zero-order valence-corrected chi connectivity index (χ0v) is 13.5. The number of benzene rings is 1. The molecule has 130 valence electrons. The van der Waals surface area contributed by atoms with Crippen LogP contribution in [0.2, 0.25) is 5.02 Å². The Balaban J connectivity index is 1.64. The smallest absolute Gasteiger partial charge is 0.382 e. The third kappa shape index (κ3) is 3.89. The number of halogens is 5. The quantitative estimate of drug-likeness (QED) is 0.822. The molecule has 1 saturated heterocycles. The summed E-state index contributed by atoms with van der Waals surface area (Å²) in [5.41, 5.74) is 0.462. The van der Waals surface area contributed by atoms with Crippen molar-refractivity contribution in [2.24, 2.45) is 5.92 Å². The molecule has 2 heterocycles. The van der Waals surface area contributed by atoms with Crippen molar-refractivity contribution in [3.8, 4) is 0 Å². The van der Waals surface area contributed by atoms with E-state index in [0.29, 0.717) is 36.5 Å². The molecule has 1 aliphatic heterocycles. The van der Waals surface area contributed by atoms with Crippen LogP contribution in [0.5, 0.6) is 0 Å². The molecule has 0 aliphatic carbocycles. The van der Waals surface area contributed by atoms with E-state index in [-0.39, 0.29) is 17.1 Å². The van der Waals surface area contributed by atoms with Crippen LogP contribution in [0.15, 0.2) is 24.4 Å². The Labute approximate surface area is 141 Å². The lowest BCUT2D eigenvalue weighted by molar-refractivity contribution is -0.143. The van der Waals surface area contributed by atoms with Crippen LogP contribution >= 0.6 is 11.6 Å². The maximum atomic E-state index is 14.5. The number of rotatable bonds is 4. The van der Waals surface area contributed by atoms with Crippen LogP contribution in [0.1, 0.15) is 6.42 Å². The molecule has 1 aromatic carbocycles. The van der Waals surface area contributed by atoms with Gasteiger partial charge in [0.25, 0.3) is 0 Å². The molecule has 0 spiro atoms. The normalized spacial score (nSPS) is 19.1. The number of pyridine rings is 1. The molecule has 0 amide bonds. The van der Waals surface area contributed by atoms with Gasteiger partial charge in [-0.3, -0.25) is 9.88 Å². The Hall–Kier alpha value is -1.60. The van der Waals surface area contributed by atoms with E-state index < -0.39 is 18.5 Å². The summed E-state index contributed by atoms with van der Waals surface area (Å²) in [6.45, 7) is 0.280. The van der Waals surface area contributed by atoms with Gasteiger partial charge in [-0.05, 0) is 37.1 Å². The number of alkyl halides is 3. The van der Waals surface area contributed by atoms with Crippen LogP contribution in [0.3, 0.4) is 0 Å². The van der Waals surface area contributed by atoms with Gasteiger partial charge in [0.2, 0.25) is 0 Å². The fourth-order valence-corrected chi connectivity index (χ4v) is 3.23. The largest absolute Gasteiger partial charge is 0.401 e. The highest BCUT2D eigenvalue weighted by atomic mass is 35.5. The van der Waals surface area contributed by atoms with Gasteiger partial charge in [-0.25, -0.2) is 4.39 Å². The third-order valence-corrected chi connectivity index (χ3v) is 4.48. The van der Waals surface area contributed by atoms with Gasteiger partial charge in [0, 0.05) is 24.7 Å². The van der Waals surface area contributed by atoms with Gasteiger partial charge in [-0.1, -0.05) is 11.6 Å². The Morgan fingerprint density at radius 3 is 2.83 bits per heavy atom. The van der Waals surface area contributed by atoms with E-state index in [2.05, 4.69) is 10.3 Å². The molecule has 24 heavy (non-hydrogen) atoms. The third-order valence-electron chi connectivity index (χ3n) is 4.15. The highest BCUT2D eigenvalue weighted by Gasteiger charge is 2.34. The summed E-state index contributed by atoms with van der Waals surface area (Å²) in [5, 5.41) is 3.93. The first-order chi connectivity index (χ1) is 11.3. The monoisotopic (exact) mass is 361 g/mol. The lowest BCUT2D eigenvalue weighted by atomic mass is 10.1. The molecule has 3 rings (SSSR count). The molecule has 1 aliphatic rings. The molecule has 0 saturated carbocycles. The second-order valence-electron chi connectivity index (χ2n) is 6.00. The van der Waals surface area contributed by atoms with Gasteiger partial charge < -0.3 is 5.32 Å². The average molecular weight is 362 g/mol. The van der Waals surface area contributed by atoms with E-state index in [0.717, 1.165) is 0 Å². The summed E-state index contributed by atoms with van der Waals surface area (Å²) >= 11 is 6.01. The summed E-state index contributed by atoms with van der Waals surface area (Å²) in [5.74, 6) is -0.449. The summed E-state index contributed by atoms with van der Waals surface area (Å²) in [6, 6.07) is 4.85. The molecule has 8 heteroatoms. The van der Waals surface area contributed by atoms with Crippen LogP contribution in [-0.2, 0) is 0 Å². The minimum atomic E-state index is -4.18. The van der Waals surface area contributed by atoms with Crippen molar-refractivity contribution in [1.82, 2.24) is 9.88 Å². The number of fused-ring (bicyclic) bond motifs is 1. The van der Waals surface area contributed by atoms with E-state index in [1.165, 1.54) is 11.1 Å². The predicted octanol–water partition coefficient (Wildman–Crippen LogP) is 4.32. The maximum absolute atomic E-state index is 14.5. The molecule has 0 bridgehead atoms. The van der Waals surface area contributed by atoms with Gasteiger partial charge >= 0.3 is 6.18 Å². The zero-order valence-electron chi connectivity index (χ0n) is 12.7. The van der Waals surface area contributed by atoms with Crippen molar-refractivity contribution in [2.75, 3.05) is 31.5 Å². The van der Waals surface area contributed by atoms with Gasteiger partial charge in [0.05, 0.1) is 17.3 Å². The van der Waals surface area contributed by atoms with Crippen molar-refractivity contribution in [3.05, 3.63) is 35.2 Å². The standard InChI is InChI=1S/C16H16ClF4N3/c17-12-3-5-22-15-11(12)1-2-13(14(15)18)23-7-10-4-6-24(8-10)9-16(19,20)21/h1-3,5,10,23H,4,6-9H2. The number of nitrogens with zero attached hydrogens (tertiary/aromatic N) is 2. The lowest BCUT2D eigenvalue weighted by Crippen LogP contribution is -2.33. The molecular weight excluding hydrogens is 346 g/mol. The van der Waals surface area contributed by atoms with Crippen LogP contribution in [0.25, 0.3) is 10.9 Å². The van der Waals surface area contributed by atoms with Crippen molar-refractivity contribution < 1.29 is 17.6 Å². The molecule has 1 atom stereocenters. The first-order valence-electron chi connectivity index (χ1n) is 7.59. The number of likely N-dealkylation sites (tertiary alicyclic amines) is 1. The Bertz CT molecular complexity index is 735. The van der Waals surface area contributed by atoms with Crippen molar-refractivity contribution in [2.45, 2.75) is 12.6 Å². The van der Waals surface area contributed by atoms with Crippen LogP contribution < -0.4 is 5.32 Å². The first-order valence-corrected chi connectivity index (χ1v) is 7.97. The minimum Gasteiger partial charge on any atom is -0.382 e. The van der Waals surface area contributed by atoms with E-state index >= 15 is 0 Å². The predicted molar refractivity (Wildman–Crippen MR) is 85.8 cm³/mol. The van der Waals surface area contributed by atoms with Crippen molar-refractivity contribution in [3.63, 3.8) is 0 Å². The second kappa shape index (κ2) is 6.72. The van der Waals surface area contributed by atoms with Crippen LogP contribution in [0.4, 0.5) is 23.2 Å². The SMILES string of the molecule is Fc1c(NCC2CCN(CC(F)(F)F)C2)ccc2c(Cl)ccnc12. The van der Waals surface area contributed by atoms with Gasteiger partial charge in [0.15, 0.2) is 5.82 Å². The number of nitrogens with one attached hydrogen (secondary N) is 1. The zero-order chi connectivity index (χ0) is 17.3. The van der Waals surface area contributed by atoms with Crippen LogP contribution in [0, 0.1) is 11.7 Å². The van der Waals surface area contributed by atoms with Crippen LogP contribution in [-0.4, -0.2) is 42.2 Å². The maximum Gasteiger partial charge on any atom is 0.401 e. The number of aromatic nitrogens is 1. The van der Waals surface area contributed by atoms with E-state index in [1.807, 2.05) is 0 Å². The second-order valence-corrected chi connectivity index (χ2v) is 6.41. The number of hydrogen-bond donors (Lipinski definition) is 1. The van der Waals surface area contributed by atoms with Gasteiger partial charge in [-0.2, -0.15) is 13.2 Å². The van der Waals surface area contributed by atoms with Crippen molar-refractivity contribution in [1.29, 1.82) is 0 Å². The minimum absolute atomic E-state index is 0.0507. The molecule has 1 fully saturated rings. The summed E-state index contributed by atoms with van der Waals surface area (Å²) < 4.78 is 51.7. The summed E-state index contributed by atoms with van der Waals surface area (Å²) in [6.07, 6.45) is -2.09. The van der Waals surface area contributed by atoms with E-state index in [4.69, 9.17) is 11.6 Å². The summed E-state index contributed by atoms with van der Waals surface area (Å²) in [7, 11) is 0. The molecular formula is C16H16ClF4N3. The van der Waals surface area contributed by atoms with E-state index in [9.17, 15) is 17.6 Å². The fourth-order valence-electron chi connectivity index (χ4n) is 3.02. The molecule has 0 radical (unpaired) electrons. The molecule has 1 N–H and O–H groups in total. The highest BCUT2D eigenvalue weighted by Crippen LogP contribution is 2.29. The average Bonchev–Trinajstić information content (AvgIpc) is 2.93. The van der Waals surface area contributed by atoms with Gasteiger partial charge in [0.1, 0.15) is 5.52 Å². The van der Waals surface area contributed by atoms with Crippen molar-refractivity contribution >= 4 is 28.2 Å². The van der Waals surface area contributed by atoms with Gasteiger partial charge in [-0.15, -0.1) is 0 Å². The first kappa shape index (κ1) is 17.2. The Morgan fingerprint density at radius 2 is 2.08 bits per heavy atom. The Kier molecular flexibility index (Phi) is 4.83. The topological polar surface area (TPSA) is 28.2 Å². The molecule has 2 aromatic rings. The molecule has 3 nitrogen and oxygen atoms in total. The molecule has 1 aromatic heterocycles.